The Balaban J connectivity index is 1.41. The van der Waals surface area contributed by atoms with Crippen LogP contribution in [0.1, 0.15) is 54.6 Å². The van der Waals surface area contributed by atoms with Crippen molar-refractivity contribution in [2.75, 3.05) is 18.0 Å². The third-order valence-corrected chi connectivity index (χ3v) is 6.36. The Morgan fingerprint density at radius 2 is 1.79 bits per heavy atom. The summed E-state index contributed by atoms with van der Waals surface area (Å²) in [5, 5.41) is 4.55. The van der Waals surface area contributed by atoms with Gasteiger partial charge >= 0.3 is 0 Å². The zero-order valence-electron chi connectivity index (χ0n) is 19.3. The van der Waals surface area contributed by atoms with Gasteiger partial charge in [0.25, 0.3) is 0 Å². The lowest BCUT2D eigenvalue weighted by atomic mass is 10.1. The quantitative estimate of drug-likeness (QED) is 0.463. The highest BCUT2D eigenvalue weighted by Crippen LogP contribution is 2.36. The van der Waals surface area contributed by atoms with Gasteiger partial charge in [0.2, 0.25) is 5.95 Å². The molecular weight excluding hydrogens is 418 g/mol. The third kappa shape index (κ3) is 3.76. The van der Waals surface area contributed by atoms with E-state index in [0.29, 0.717) is 47.7 Å². The van der Waals surface area contributed by atoms with Crippen LogP contribution in [0.2, 0.25) is 0 Å². The summed E-state index contributed by atoms with van der Waals surface area (Å²) in [5.74, 6) is 2.10. The maximum atomic E-state index is 6.28. The van der Waals surface area contributed by atoms with E-state index in [1.807, 2.05) is 39.1 Å². The van der Waals surface area contributed by atoms with Crippen LogP contribution in [0.3, 0.4) is 0 Å². The molecule has 5 heterocycles. The molecular formula is C24H27N7O2. The highest BCUT2D eigenvalue weighted by molar-refractivity contribution is 5.86. The lowest BCUT2D eigenvalue weighted by Crippen LogP contribution is -2.43. The second-order valence-corrected chi connectivity index (χ2v) is 9.17. The van der Waals surface area contributed by atoms with E-state index in [-0.39, 0.29) is 12.2 Å². The van der Waals surface area contributed by atoms with Gasteiger partial charge in [-0.25, -0.2) is 15.0 Å². The van der Waals surface area contributed by atoms with Gasteiger partial charge in [-0.2, -0.15) is 10.1 Å². The lowest BCUT2D eigenvalue weighted by molar-refractivity contribution is -0.0178. The van der Waals surface area contributed by atoms with Gasteiger partial charge in [0, 0.05) is 18.3 Å². The van der Waals surface area contributed by atoms with Crippen LogP contribution in [0.5, 0.6) is 0 Å². The highest BCUT2D eigenvalue weighted by Gasteiger charge is 2.31. The molecule has 0 amide bonds. The monoisotopic (exact) mass is 445 g/mol. The van der Waals surface area contributed by atoms with Gasteiger partial charge < -0.3 is 14.1 Å². The number of aryl methyl sites for hydroxylation is 3. The first-order valence-electron chi connectivity index (χ1n) is 11.5. The maximum absolute atomic E-state index is 6.28. The van der Waals surface area contributed by atoms with E-state index in [1.165, 1.54) is 12.8 Å². The Labute approximate surface area is 191 Å². The summed E-state index contributed by atoms with van der Waals surface area (Å²) in [6.45, 7) is 9.23. The van der Waals surface area contributed by atoms with Crippen LogP contribution in [-0.4, -0.2) is 48.9 Å². The summed E-state index contributed by atoms with van der Waals surface area (Å²) in [5.41, 5.74) is 4.69. The van der Waals surface area contributed by atoms with Crippen LogP contribution >= 0.6 is 0 Å². The Morgan fingerprint density at radius 3 is 2.55 bits per heavy atom. The molecule has 2 fully saturated rings. The van der Waals surface area contributed by atoms with Gasteiger partial charge in [-0.05, 0) is 52.7 Å². The average molecular weight is 446 g/mol. The fraction of sp³-hybridized carbons (Fsp3) is 0.458. The summed E-state index contributed by atoms with van der Waals surface area (Å²) in [6, 6.07) is 4.40. The van der Waals surface area contributed by atoms with E-state index in [0.717, 1.165) is 22.7 Å². The van der Waals surface area contributed by atoms with Crippen molar-refractivity contribution in [1.82, 2.24) is 29.7 Å². The van der Waals surface area contributed by atoms with Gasteiger partial charge in [0.05, 0.1) is 36.3 Å². The minimum absolute atomic E-state index is 0.0208. The summed E-state index contributed by atoms with van der Waals surface area (Å²) >= 11 is 0. The molecule has 170 valence electrons. The number of nitrogens with zero attached hydrogens (tertiary/aromatic N) is 7. The Kier molecular flexibility index (Phi) is 4.69. The second kappa shape index (κ2) is 7.62. The van der Waals surface area contributed by atoms with E-state index in [9.17, 15) is 0 Å². The second-order valence-electron chi connectivity index (χ2n) is 9.17. The first-order valence-corrected chi connectivity index (χ1v) is 11.5. The fourth-order valence-corrected chi connectivity index (χ4v) is 4.33. The summed E-state index contributed by atoms with van der Waals surface area (Å²) in [4.78, 5) is 21.4. The van der Waals surface area contributed by atoms with E-state index in [4.69, 9.17) is 29.1 Å². The number of furan rings is 1. The molecule has 1 aliphatic carbocycles. The molecule has 0 aromatic carbocycles. The summed E-state index contributed by atoms with van der Waals surface area (Å²) in [6.07, 6.45) is 6.38. The predicted octanol–water partition coefficient (Wildman–Crippen LogP) is 4.10. The van der Waals surface area contributed by atoms with Gasteiger partial charge in [0.1, 0.15) is 23.1 Å². The molecule has 0 N–H and O–H groups in total. The molecule has 0 unspecified atom stereocenters. The molecule has 1 aliphatic heterocycles. The van der Waals surface area contributed by atoms with Crippen molar-refractivity contribution in [3.63, 3.8) is 0 Å². The molecule has 1 saturated carbocycles. The Bertz CT molecular complexity index is 1340. The van der Waals surface area contributed by atoms with Crippen LogP contribution in [0.4, 0.5) is 5.95 Å². The number of aromatic nitrogens is 6. The zero-order chi connectivity index (χ0) is 22.7. The molecule has 2 atom stereocenters. The molecule has 9 heteroatoms. The number of fused-ring (bicyclic) bond motifs is 1. The highest BCUT2D eigenvalue weighted by atomic mass is 16.5. The maximum Gasteiger partial charge on any atom is 0.228 e. The molecule has 0 spiro atoms. The topological polar surface area (TPSA) is 95.0 Å². The van der Waals surface area contributed by atoms with E-state index >= 15 is 0 Å². The molecule has 0 radical (unpaired) electrons. The van der Waals surface area contributed by atoms with Crippen LogP contribution in [-0.2, 0) is 4.74 Å². The number of hydrogen-bond donors (Lipinski definition) is 0. The number of rotatable bonds is 4. The predicted molar refractivity (Wildman–Crippen MR) is 123 cm³/mol. The van der Waals surface area contributed by atoms with Crippen molar-refractivity contribution in [2.24, 2.45) is 0 Å². The van der Waals surface area contributed by atoms with Crippen LogP contribution in [0.25, 0.3) is 22.6 Å². The molecule has 2 aliphatic rings. The molecule has 0 bridgehead atoms. The Morgan fingerprint density at radius 1 is 0.970 bits per heavy atom. The van der Waals surface area contributed by atoms with Crippen molar-refractivity contribution in [3.8, 4) is 11.5 Å². The van der Waals surface area contributed by atoms with Crippen molar-refractivity contribution in [3.05, 3.63) is 47.2 Å². The SMILES string of the molecule is Cc1ccc(-c2nc(N3C[C@@H](C)O[C@H](c4cnn(C5CC5)c4)C3)nc3nc(C)c(C)nc23)o1. The summed E-state index contributed by atoms with van der Waals surface area (Å²) in [7, 11) is 0. The molecule has 4 aromatic rings. The molecule has 33 heavy (non-hydrogen) atoms. The van der Waals surface area contributed by atoms with Crippen LogP contribution in [0.15, 0.2) is 28.9 Å². The minimum Gasteiger partial charge on any atom is -0.460 e. The standard InChI is InChI=1S/C24H27N7O2/c1-13-5-8-19(32-13)21-22-23(27-16(4)15(3)26-22)29-24(28-21)30-10-14(2)33-20(12-30)17-9-25-31(11-17)18-6-7-18/h5,8-9,11,14,18,20H,6-7,10,12H2,1-4H3/t14-,20+/m1/s1. The fourth-order valence-electron chi connectivity index (χ4n) is 4.33. The van der Waals surface area contributed by atoms with Crippen molar-refractivity contribution < 1.29 is 9.15 Å². The van der Waals surface area contributed by atoms with Crippen molar-refractivity contribution in [1.29, 1.82) is 0 Å². The molecule has 6 rings (SSSR count). The third-order valence-electron chi connectivity index (χ3n) is 6.36. The number of hydrogen-bond acceptors (Lipinski definition) is 8. The largest absolute Gasteiger partial charge is 0.460 e. The average Bonchev–Trinajstić information content (AvgIpc) is 3.35. The van der Waals surface area contributed by atoms with Gasteiger partial charge in [-0.15, -0.1) is 0 Å². The Hall–Kier alpha value is -3.33. The van der Waals surface area contributed by atoms with Crippen molar-refractivity contribution >= 4 is 17.1 Å². The zero-order valence-corrected chi connectivity index (χ0v) is 19.3. The lowest BCUT2D eigenvalue weighted by Gasteiger charge is -2.36. The van der Waals surface area contributed by atoms with Gasteiger partial charge in [0.15, 0.2) is 11.4 Å². The smallest absolute Gasteiger partial charge is 0.228 e. The van der Waals surface area contributed by atoms with E-state index in [2.05, 4.69) is 27.8 Å². The van der Waals surface area contributed by atoms with Crippen LogP contribution < -0.4 is 4.90 Å². The van der Waals surface area contributed by atoms with Gasteiger partial charge in [-0.1, -0.05) is 0 Å². The number of ether oxygens (including phenoxy) is 1. The summed E-state index contributed by atoms with van der Waals surface area (Å²) < 4.78 is 14.3. The van der Waals surface area contributed by atoms with Crippen molar-refractivity contribution in [2.45, 2.75) is 58.8 Å². The molecule has 1 saturated heterocycles. The van der Waals surface area contributed by atoms with Gasteiger partial charge in [-0.3, -0.25) is 4.68 Å². The molecule has 9 nitrogen and oxygen atoms in total. The minimum atomic E-state index is -0.0966. The first-order chi connectivity index (χ1) is 15.9. The van der Waals surface area contributed by atoms with Crippen LogP contribution in [0, 0.1) is 20.8 Å². The van der Waals surface area contributed by atoms with E-state index in [1.54, 1.807) is 0 Å². The number of anilines is 1. The van der Waals surface area contributed by atoms with E-state index < -0.39 is 0 Å². The molecule has 4 aromatic heterocycles. The number of morpholine rings is 1. The first kappa shape index (κ1) is 20.3. The normalized spacial score (nSPS) is 21.2.